The molecule has 54 heavy (non-hydrogen) atoms. The number of ether oxygens (including phenoxy) is 4. The van der Waals surface area contributed by atoms with Crippen molar-refractivity contribution in [2.75, 3.05) is 62.8 Å². The molecule has 292 valence electrons. The fourth-order valence-corrected chi connectivity index (χ4v) is 6.75. The average molecular weight is 805 g/mol. The number of halogens is 2. The lowest BCUT2D eigenvalue weighted by molar-refractivity contribution is -0.383. The number of nitro groups is 1. The van der Waals surface area contributed by atoms with Crippen molar-refractivity contribution in [3.63, 3.8) is 0 Å². The molecule has 1 N–H and O–H groups in total. The molecule has 2 heterocycles. The number of anilines is 4. The van der Waals surface area contributed by atoms with Gasteiger partial charge in [-0.05, 0) is 50.4 Å². The van der Waals surface area contributed by atoms with E-state index in [1.807, 2.05) is 6.08 Å². The molecule has 4 rings (SSSR count). The highest BCUT2D eigenvalue weighted by Gasteiger charge is 2.31. The van der Waals surface area contributed by atoms with E-state index in [-0.39, 0.29) is 57.0 Å². The number of amides is 3. The van der Waals surface area contributed by atoms with Gasteiger partial charge in [0, 0.05) is 53.0 Å². The number of hydrogen-bond acceptors (Lipinski definition) is 11. The Morgan fingerprint density at radius 3 is 2.28 bits per heavy atom. The van der Waals surface area contributed by atoms with E-state index in [0.29, 0.717) is 31.7 Å². The normalized spacial score (nSPS) is 13.2. The van der Waals surface area contributed by atoms with E-state index in [9.17, 15) is 19.7 Å². The first-order valence-corrected chi connectivity index (χ1v) is 21.6. The van der Waals surface area contributed by atoms with Gasteiger partial charge < -0.3 is 29.2 Å². The quantitative estimate of drug-likeness (QED) is 0.0578. The third kappa shape index (κ3) is 10.7. The Balaban J connectivity index is 1.59. The monoisotopic (exact) mass is 803 g/mol. The van der Waals surface area contributed by atoms with Crippen LogP contribution in [0, 0.1) is 10.1 Å². The van der Waals surface area contributed by atoms with Gasteiger partial charge in [-0.2, -0.15) is 0 Å². The number of urea groups is 1. The molecule has 1 aromatic heterocycles. The van der Waals surface area contributed by atoms with Gasteiger partial charge in [0.05, 0.1) is 24.8 Å². The largest absolute Gasteiger partial charge is 0.495 e. The van der Waals surface area contributed by atoms with Crippen molar-refractivity contribution in [2.24, 2.45) is 0 Å². The van der Waals surface area contributed by atoms with Gasteiger partial charge in [-0.1, -0.05) is 55.0 Å². The van der Waals surface area contributed by atoms with Crippen LogP contribution in [0.25, 0.3) is 5.57 Å². The van der Waals surface area contributed by atoms with Crippen LogP contribution in [0.15, 0.2) is 42.7 Å². The van der Waals surface area contributed by atoms with Gasteiger partial charge in [0.15, 0.2) is 0 Å². The van der Waals surface area contributed by atoms with Gasteiger partial charge in [0.2, 0.25) is 0 Å². The number of carbonyl (C=O) groups is 2. The van der Waals surface area contributed by atoms with E-state index in [1.165, 1.54) is 55.6 Å². The Bertz CT molecular complexity index is 1870. The van der Waals surface area contributed by atoms with E-state index < -0.39 is 30.7 Å². The Morgan fingerprint density at radius 1 is 1.06 bits per heavy atom. The van der Waals surface area contributed by atoms with E-state index in [0.717, 1.165) is 11.6 Å². The van der Waals surface area contributed by atoms with Crippen LogP contribution in [0.4, 0.5) is 38.3 Å². The number of nitrogens with one attached hydrogen (secondary N) is 1. The lowest BCUT2D eigenvalue weighted by atomic mass is 9.98. The zero-order valence-corrected chi connectivity index (χ0v) is 34.5. The van der Waals surface area contributed by atoms with Crippen molar-refractivity contribution in [3.05, 3.63) is 68.5 Å². The number of hydrogen-bond donors (Lipinski definition) is 1. The van der Waals surface area contributed by atoms with E-state index in [1.54, 1.807) is 37.8 Å². The molecule has 0 radical (unpaired) electrons. The molecule has 1 aliphatic rings. The predicted molar refractivity (Wildman–Crippen MR) is 214 cm³/mol. The molecular weight excluding hydrogens is 757 g/mol. The summed E-state index contributed by atoms with van der Waals surface area (Å²) < 4.78 is 22.3. The van der Waals surface area contributed by atoms with Crippen molar-refractivity contribution < 1.29 is 33.5 Å². The molecule has 0 saturated carbocycles. The number of rotatable bonds is 13. The minimum Gasteiger partial charge on any atom is -0.495 e. The second-order valence-corrected chi connectivity index (χ2v) is 21.0. The molecule has 3 amide bonds. The number of methoxy groups -OCH3 is 2. The number of aromatic nitrogens is 2. The molecule has 0 bridgehead atoms. The Kier molecular flexibility index (Phi) is 13.8. The molecule has 0 spiro atoms. The highest BCUT2D eigenvalue weighted by molar-refractivity contribution is 6.76. The maximum absolute atomic E-state index is 14.2. The molecule has 0 saturated heterocycles. The van der Waals surface area contributed by atoms with Crippen LogP contribution in [0.1, 0.15) is 32.8 Å². The van der Waals surface area contributed by atoms with Crippen molar-refractivity contribution in [1.29, 1.82) is 0 Å². The van der Waals surface area contributed by atoms with E-state index >= 15 is 0 Å². The second kappa shape index (κ2) is 17.7. The summed E-state index contributed by atoms with van der Waals surface area (Å²) in [4.78, 5) is 51.1. The molecule has 0 atom stereocenters. The van der Waals surface area contributed by atoms with Crippen LogP contribution in [0.2, 0.25) is 35.7 Å². The first-order chi connectivity index (χ1) is 25.3. The SMILES string of the molecule is COc1cc(OC)c(Cl)c(N(COCC[Si](C)(C)C)C(=O)N(C)c2cc(Nc3ccc(C4=CCN(C(=O)OC(C)(C)C)CC4)cc3[N+](=O)[O-])ncn2)c1Cl. The van der Waals surface area contributed by atoms with Crippen LogP contribution >= 0.6 is 23.2 Å². The fourth-order valence-electron chi connectivity index (χ4n) is 5.29. The lowest BCUT2D eigenvalue weighted by Crippen LogP contribution is -2.43. The van der Waals surface area contributed by atoms with Crippen molar-refractivity contribution in [2.45, 2.75) is 58.5 Å². The Hall–Kier alpha value is -4.64. The minimum absolute atomic E-state index is 0.0732. The molecule has 15 nitrogen and oxygen atoms in total. The van der Waals surface area contributed by atoms with Gasteiger partial charge >= 0.3 is 12.1 Å². The maximum Gasteiger partial charge on any atom is 0.410 e. The molecule has 0 aliphatic carbocycles. The smallest absolute Gasteiger partial charge is 0.410 e. The third-order valence-corrected chi connectivity index (χ3v) is 10.7. The summed E-state index contributed by atoms with van der Waals surface area (Å²) in [5.41, 5.74) is 1.02. The topological polar surface area (TPSA) is 162 Å². The molecule has 0 fully saturated rings. The van der Waals surface area contributed by atoms with Crippen LogP contribution in [-0.4, -0.2) is 93.3 Å². The van der Waals surface area contributed by atoms with Crippen molar-refractivity contribution in [3.8, 4) is 11.5 Å². The number of nitrogens with zero attached hydrogens (tertiary/aromatic N) is 6. The average Bonchev–Trinajstić information content (AvgIpc) is 3.11. The molecule has 3 aromatic rings. The molecular formula is C36H47Cl2N7O8Si. The Morgan fingerprint density at radius 2 is 1.72 bits per heavy atom. The first-order valence-electron chi connectivity index (χ1n) is 17.1. The highest BCUT2D eigenvalue weighted by atomic mass is 35.5. The highest BCUT2D eigenvalue weighted by Crippen LogP contribution is 2.46. The Labute approximate surface area is 326 Å². The first kappa shape index (κ1) is 42.1. The van der Waals surface area contributed by atoms with Crippen LogP contribution in [-0.2, 0) is 9.47 Å². The van der Waals surface area contributed by atoms with Crippen LogP contribution < -0.4 is 24.6 Å². The van der Waals surface area contributed by atoms with Crippen LogP contribution in [0.5, 0.6) is 11.5 Å². The summed E-state index contributed by atoms with van der Waals surface area (Å²) in [5.74, 6) is 0.823. The summed E-state index contributed by atoms with van der Waals surface area (Å²) in [6.45, 7) is 13.0. The fraction of sp³-hybridized carbons (Fsp3) is 0.444. The summed E-state index contributed by atoms with van der Waals surface area (Å²) in [5, 5.41) is 15.4. The number of benzene rings is 2. The van der Waals surface area contributed by atoms with Gasteiger partial charge in [-0.15, -0.1) is 0 Å². The number of carbonyl (C=O) groups excluding carboxylic acids is 2. The summed E-state index contributed by atoms with van der Waals surface area (Å²) >= 11 is 13.5. The predicted octanol–water partition coefficient (Wildman–Crippen LogP) is 8.85. The zero-order chi connectivity index (χ0) is 40.0. The standard InChI is InChI=1S/C36H47Cl2N7O8Si/c1-36(2,3)53-35(47)43-14-12-23(13-15-43)24-10-11-25(26(18-24)45(48)49)41-29-20-30(40-21-39-29)42(4)34(46)44(22-52-16-17-54(7,8)9)33-31(37)27(50-5)19-28(51-6)32(33)38/h10-12,18-21H,13-17,22H2,1-9H3,(H,39,40,41). The molecule has 1 aliphatic heterocycles. The zero-order valence-electron chi connectivity index (χ0n) is 32.0. The van der Waals surface area contributed by atoms with Crippen LogP contribution in [0.3, 0.4) is 0 Å². The molecule has 2 aromatic carbocycles. The molecule has 18 heteroatoms. The van der Waals surface area contributed by atoms with Crippen molar-refractivity contribution >= 4 is 77.7 Å². The summed E-state index contributed by atoms with van der Waals surface area (Å²) in [6, 6.07) is 8.07. The lowest BCUT2D eigenvalue weighted by Gasteiger charge is -2.30. The minimum atomic E-state index is -1.45. The van der Waals surface area contributed by atoms with Gasteiger partial charge in [0.1, 0.15) is 57.5 Å². The van der Waals surface area contributed by atoms with Gasteiger partial charge in [-0.25, -0.2) is 19.6 Å². The van der Waals surface area contributed by atoms with Gasteiger partial charge in [0.25, 0.3) is 5.69 Å². The second-order valence-electron chi connectivity index (χ2n) is 14.7. The van der Waals surface area contributed by atoms with Crippen molar-refractivity contribution in [1.82, 2.24) is 14.9 Å². The van der Waals surface area contributed by atoms with Gasteiger partial charge in [-0.3, -0.25) is 19.9 Å². The number of nitro benzene ring substituents is 1. The summed E-state index contributed by atoms with van der Waals surface area (Å²) in [6.07, 6.45) is 3.18. The maximum atomic E-state index is 14.2. The van der Waals surface area contributed by atoms with E-state index in [2.05, 4.69) is 34.9 Å². The van der Waals surface area contributed by atoms with E-state index in [4.69, 9.17) is 42.1 Å². The molecule has 0 unspecified atom stereocenters. The summed E-state index contributed by atoms with van der Waals surface area (Å²) in [7, 11) is 2.92. The third-order valence-electron chi connectivity index (χ3n) is 8.24.